The second-order valence-corrected chi connectivity index (χ2v) is 10.6. The molecule has 0 bridgehead atoms. The van der Waals surface area contributed by atoms with Crippen LogP contribution in [0.4, 0.5) is 5.69 Å². The van der Waals surface area contributed by atoms with E-state index < -0.39 is 19.9 Å². The molecule has 122 valence electrons. The van der Waals surface area contributed by atoms with Crippen LogP contribution in [0.25, 0.3) is 0 Å². The third-order valence-corrected chi connectivity index (χ3v) is 8.42. The Morgan fingerprint density at radius 2 is 1.95 bits per heavy atom. The van der Waals surface area contributed by atoms with E-state index in [1.54, 1.807) is 0 Å². The number of nitrogens with two attached hydrogens (primary N) is 2. The topological polar surface area (TPSA) is 120 Å². The summed E-state index contributed by atoms with van der Waals surface area (Å²) in [4.78, 5) is 0. The lowest BCUT2D eigenvalue weighted by Crippen LogP contribution is -2.20. The van der Waals surface area contributed by atoms with E-state index in [1.165, 1.54) is 0 Å². The Balaban J connectivity index is 0.00000220. The van der Waals surface area contributed by atoms with Crippen LogP contribution in [0.15, 0.2) is 8.42 Å². The van der Waals surface area contributed by atoms with Crippen LogP contribution in [0.1, 0.15) is 38.2 Å². The van der Waals surface area contributed by atoms with Crippen LogP contribution >= 0.6 is 23.7 Å². The SMILES string of the molecule is CC(C)CC1CCS(=O)(=O)c2sc(S(N)(=O)=O)c(N)c21.Cl. The van der Waals surface area contributed by atoms with Gasteiger partial charge in [-0.15, -0.1) is 23.7 Å². The number of fused-ring (bicyclic) bond motifs is 1. The number of sulfone groups is 1. The number of rotatable bonds is 3. The molecule has 1 aliphatic rings. The molecule has 2 rings (SSSR count). The maximum Gasteiger partial charge on any atom is 0.249 e. The van der Waals surface area contributed by atoms with E-state index in [4.69, 9.17) is 10.9 Å². The maximum absolute atomic E-state index is 12.1. The first kappa shape index (κ1) is 18.7. The van der Waals surface area contributed by atoms with Crippen LogP contribution < -0.4 is 10.9 Å². The number of hydrogen-bond acceptors (Lipinski definition) is 6. The van der Waals surface area contributed by atoms with E-state index in [0.29, 0.717) is 29.2 Å². The molecule has 0 saturated heterocycles. The summed E-state index contributed by atoms with van der Waals surface area (Å²) >= 11 is 0.681. The summed E-state index contributed by atoms with van der Waals surface area (Å²) in [6.07, 6.45) is 1.24. The van der Waals surface area contributed by atoms with Gasteiger partial charge >= 0.3 is 0 Å². The molecule has 0 saturated carbocycles. The van der Waals surface area contributed by atoms with Crippen LogP contribution in [0, 0.1) is 5.92 Å². The van der Waals surface area contributed by atoms with Crippen molar-refractivity contribution in [2.24, 2.45) is 11.1 Å². The van der Waals surface area contributed by atoms with Gasteiger partial charge in [-0.25, -0.2) is 22.0 Å². The molecule has 4 N–H and O–H groups in total. The van der Waals surface area contributed by atoms with Crippen molar-refractivity contribution in [3.8, 4) is 0 Å². The minimum atomic E-state index is -4.00. The summed E-state index contributed by atoms with van der Waals surface area (Å²) in [7, 11) is -7.45. The normalized spacial score (nSPS) is 20.9. The molecule has 2 heterocycles. The molecule has 0 aliphatic carbocycles. The monoisotopic (exact) mass is 374 g/mol. The highest BCUT2D eigenvalue weighted by Crippen LogP contribution is 2.47. The molecule has 0 fully saturated rings. The predicted molar refractivity (Wildman–Crippen MR) is 86.2 cm³/mol. The molecular weight excluding hydrogens is 356 g/mol. The minimum Gasteiger partial charge on any atom is -0.397 e. The van der Waals surface area contributed by atoms with Gasteiger partial charge in [-0.3, -0.25) is 0 Å². The molecule has 1 aromatic rings. The Bertz CT molecular complexity index is 738. The van der Waals surface area contributed by atoms with Gasteiger partial charge in [0.1, 0.15) is 4.21 Å². The van der Waals surface area contributed by atoms with Gasteiger partial charge in [-0.1, -0.05) is 13.8 Å². The lowest BCUT2D eigenvalue weighted by atomic mass is 9.89. The Hall–Kier alpha value is -0.350. The van der Waals surface area contributed by atoms with E-state index >= 15 is 0 Å². The van der Waals surface area contributed by atoms with Crippen molar-refractivity contribution in [3.63, 3.8) is 0 Å². The highest BCUT2D eigenvalue weighted by molar-refractivity contribution is 7.95. The van der Waals surface area contributed by atoms with Gasteiger partial charge in [0.05, 0.1) is 11.4 Å². The number of thiophene rings is 1. The molecular formula is C11H19ClN2O4S3. The maximum atomic E-state index is 12.1. The summed E-state index contributed by atoms with van der Waals surface area (Å²) in [6.45, 7) is 4.07. The fraction of sp³-hybridized carbons (Fsp3) is 0.636. The molecule has 0 aromatic carbocycles. The van der Waals surface area contributed by atoms with Crippen molar-refractivity contribution in [3.05, 3.63) is 5.56 Å². The number of nitrogen functional groups attached to an aromatic ring is 1. The Morgan fingerprint density at radius 3 is 2.43 bits per heavy atom. The predicted octanol–water partition coefficient (Wildman–Crippen LogP) is 1.71. The average Bonchev–Trinajstić information content (AvgIpc) is 2.61. The van der Waals surface area contributed by atoms with Gasteiger partial charge < -0.3 is 5.73 Å². The zero-order valence-electron chi connectivity index (χ0n) is 11.7. The van der Waals surface area contributed by atoms with Crippen LogP contribution in [0.5, 0.6) is 0 Å². The van der Waals surface area contributed by atoms with Crippen LogP contribution in [-0.2, 0) is 19.9 Å². The van der Waals surface area contributed by atoms with Crippen LogP contribution in [-0.4, -0.2) is 22.6 Å². The highest BCUT2D eigenvalue weighted by Gasteiger charge is 2.37. The van der Waals surface area contributed by atoms with Crippen molar-refractivity contribution in [1.29, 1.82) is 0 Å². The number of primary sulfonamides is 1. The molecule has 1 aromatic heterocycles. The van der Waals surface area contributed by atoms with E-state index in [9.17, 15) is 16.8 Å². The highest BCUT2D eigenvalue weighted by atomic mass is 35.5. The molecule has 6 nitrogen and oxygen atoms in total. The van der Waals surface area contributed by atoms with Crippen molar-refractivity contribution >= 4 is 49.3 Å². The second kappa shape index (κ2) is 6.04. The van der Waals surface area contributed by atoms with Crippen molar-refractivity contribution in [2.45, 2.75) is 41.0 Å². The summed E-state index contributed by atoms with van der Waals surface area (Å²) < 4.78 is 47.1. The number of hydrogen-bond donors (Lipinski definition) is 2. The van der Waals surface area contributed by atoms with Gasteiger partial charge in [0.2, 0.25) is 10.0 Å². The summed E-state index contributed by atoms with van der Waals surface area (Å²) in [6, 6.07) is 0. The molecule has 0 radical (unpaired) electrons. The van der Waals surface area contributed by atoms with E-state index in [-0.39, 0.29) is 38.2 Å². The zero-order valence-corrected chi connectivity index (χ0v) is 15.0. The second-order valence-electron chi connectivity index (χ2n) is 5.48. The molecule has 21 heavy (non-hydrogen) atoms. The average molecular weight is 375 g/mol. The standard InChI is InChI=1S/C11H18N2O4S3.ClH/c1-6(2)5-7-3-4-19(14,15)10-8(7)9(12)11(18-10)20(13,16)17;/h6-7H,3-5,12H2,1-2H3,(H2,13,16,17);1H. The smallest absolute Gasteiger partial charge is 0.249 e. The van der Waals surface area contributed by atoms with Gasteiger partial charge in [0, 0.05) is 5.56 Å². The third-order valence-electron chi connectivity index (χ3n) is 3.36. The lowest BCUT2D eigenvalue weighted by molar-refractivity contribution is 0.476. The number of sulfonamides is 1. The Morgan fingerprint density at radius 1 is 1.38 bits per heavy atom. The molecule has 10 heteroatoms. The summed E-state index contributed by atoms with van der Waals surface area (Å²) in [5.74, 6) is 0.368. The fourth-order valence-corrected chi connectivity index (χ4v) is 7.05. The molecule has 1 atom stereocenters. The number of halogens is 1. The first-order valence-electron chi connectivity index (χ1n) is 6.21. The van der Waals surface area contributed by atoms with Crippen LogP contribution in [0.2, 0.25) is 0 Å². The van der Waals surface area contributed by atoms with Crippen molar-refractivity contribution < 1.29 is 16.8 Å². The van der Waals surface area contributed by atoms with Crippen molar-refractivity contribution in [1.82, 2.24) is 0 Å². The zero-order chi connectivity index (χ0) is 15.3. The Kier molecular flexibility index (Phi) is 5.37. The minimum absolute atomic E-state index is 0. The Labute approximate surface area is 135 Å². The van der Waals surface area contributed by atoms with Crippen molar-refractivity contribution in [2.75, 3.05) is 11.5 Å². The van der Waals surface area contributed by atoms with E-state index in [2.05, 4.69) is 0 Å². The van der Waals surface area contributed by atoms with E-state index in [1.807, 2.05) is 13.8 Å². The number of anilines is 1. The third kappa shape index (κ3) is 3.53. The fourth-order valence-electron chi connectivity index (χ4n) is 2.58. The van der Waals surface area contributed by atoms with Gasteiger partial charge in [-0.05, 0) is 24.7 Å². The summed E-state index contributed by atoms with van der Waals surface area (Å²) in [5.41, 5.74) is 6.36. The lowest BCUT2D eigenvalue weighted by Gasteiger charge is -2.24. The first-order chi connectivity index (χ1) is 9.04. The first-order valence-corrected chi connectivity index (χ1v) is 10.2. The molecule has 1 aliphatic heterocycles. The van der Waals surface area contributed by atoms with Gasteiger partial charge in [0.25, 0.3) is 0 Å². The summed E-state index contributed by atoms with van der Waals surface area (Å²) in [5, 5.41) is 5.11. The molecule has 0 amide bonds. The molecule has 0 spiro atoms. The van der Waals surface area contributed by atoms with E-state index in [0.717, 1.165) is 6.42 Å². The largest absolute Gasteiger partial charge is 0.397 e. The molecule has 1 unspecified atom stereocenters. The van der Waals surface area contributed by atoms with Crippen LogP contribution in [0.3, 0.4) is 0 Å². The van der Waals surface area contributed by atoms with Gasteiger partial charge in [0.15, 0.2) is 14.0 Å². The quantitative estimate of drug-likeness (QED) is 0.834. The van der Waals surface area contributed by atoms with Gasteiger partial charge in [-0.2, -0.15) is 0 Å².